The quantitative estimate of drug-likeness (QED) is 0.109. The Morgan fingerprint density at radius 3 is 2.50 bits per heavy atom. The molecule has 2 aliphatic rings. The second-order valence-electron chi connectivity index (χ2n) is 10.4. The van der Waals surface area contributed by atoms with Gasteiger partial charge in [0, 0.05) is 43.1 Å². The summed E-state index contributed by atoms with van der Waals surface area (Å²) in [6.45, 7) is 2.55. The Hall–Kier alpha value is -3.87. The minimum atomic E-state index is -0.697. The standard InChI is InChI=1S/C31H38ClN5O7/c32-14-3-1-2-4-16-42-18-19-43-17-15-33-29(39)21-44-23-10-8-22(9-11-23)35-36-26-7-5-6-24-25(26)20-37(31(24)41)27-12-13-28(38)34-30(27)40/h5-11,27H,1-4,12-21H2,(H,33,39)(H,34,38,40). The third-order valence-electron chi connectivity index (χ3n) is 7.15. The lowest BCUT2D eigenvalue weighted by Gasteiger charge is -2.29. The molecule has 0 spiro atoms. The van der Waals surface area contributed by atoms with Crippen LogP contribution in [-0.2, 0) is 30.4 Å². The highest BCUT2D eigenvalue weighted by Crippen LogP contribution is 2.34. The molecule has 1 unspecified atom stereocenters. The number of amides is 4. The molecule has 2 aromatic rings. The Labute approximate surface area is 261 Å². The molecule has 13 heteroatoms. The first-order chi connectivity index (χ1) is 21.5. The molecule has 4 amide bonds. The van der Waals surface area contributed by atoms with Crippen LogP contribution in [0.2, 0.25) is 0 Å². The van der Waals surface area contributed by atoms with Crippen molar-refractivity contribution in [1.29, 1.82) is 0 Å². The van der Waals surface area contributed by atoms with Crippen LogP contribution in [0.25, 0.3) is 0 Å². The molecule has 4 rings (SSSR count). The van der Waals surface area contributed by atoms with Gasteiger partial charge in [0.1, 0.15) is 11.8 Å². The first kappa shape index (κ1) is 33.0. The van der Waals surface area contributed by atoms with Gasteiger partial charge in [0.15, 0.2) is 6.61 Å². The van der Waals surface area contributed by atoms with Crippen molar-refractivity contribution >= 4 is 46.6 Å². The van der Waals surface area contributed by atoms with E-state index in [9.17, 15) is 19.2 Å². The molecule has 0 aliphatic carbocycles. The molecule has 0 saturated carbocycles. The first-order valence-corrected chi connectivity index (χ1v) is 15.4. The van der Waals surface area contributed by atoms with Crippen LogP contribution in [0.4, 0.5) is 11.4 Å². The summed E-state index contributed by atoms with van der Waals surface area (Å²) in [6.07, 6.45) is 4.79. The fourth-order valence-corrected chi connectivity index (χ4v) is 5.01. The summed E-state index contributed by atoms with van der Waals surface area (Å²) in [7, 11) is 0. The average Bonchev–Trinajstić information content (AvgIpc) is 3.36. The lowest BCUT2D eigenvalue weighted by molar-refractivity contribution is -0.137. The van der Waals surface area contributed by atoms with E-state index in [1.807, 2.05) is 0 Å². The highest BCUT2D eigenvalue weighted by Gasteiger charge is 2.39. The van der Waals surface area contributed by atoms with Gasteiger partial charge >= 0.3 is 0 Å². The topological polar surface area (TPSA) is 148 Å². The number of benzene rings is 2. The summed E-state index contributed by atoms with van der Waals surface area (Å²) in [4.78, 5) is 50.4. The molecule has 0 aromatic heterocycles. The lowest BCUT2D eigenvalue weighted by Crippen LogP contribution is -2.52. The molecule has 2 heterocycles. The number of carbonyl (C=O) groups is 4. The van der Waals surface area contributed by atoms with Gasteiger partial charge in [0.2, 0.25) is 11.8 Å². The number of fused-ring (bicyclic) bond motifs is 1. The van der Waals surface area contributed by atoms with E-state index in [0.29, 0.717) is 73.5 Å². The monoisotopic (exact) mass is 627 g/mol. The second kappa shape index (κ2) is 17.4. The number of piperidine rings is 1. The zero-order valence-electron chi connectivity index (χ0n) is 24.6. The van der Waals surface area contributed by atoms with Gasteiger partial charge < -0.3 is 24.4 Å². The molecular formula is C31H38ClN5O7. The maximum Gasteiger partial charge on any atom is 0.258 e. The van der Waals surface area contributed by atoms with Gasteiger partial charge in [0.05, 0.1) is 31.2 Å². The van der Waals surface area contributed by atoms with E-state index >= 15 is 0 Å². The second-order valence-corrected chi connectivity index (χ2v) is 10.7. The minimum Gasteiger partial charge on any atom is -0.484 e. The van der Waals surface area contributed by atoms with Gasteiger partial charge in [-0.1, -0.05) is 18.9 Å². The number of nitrogens with one attached hydrogen (secondary N) is 2. The molecule has 12 nitrogen and oxygen atoms in total. The van der Waals surface area contributed by atoms with Crippen molar-refractivity contribution in [3.05, 3.63) is 53.6 Å². The largest absolute Gasteiger partial charge is 0.484 e. The predicted octanol–water partition coefficient (Wildman–Crippen LogP) is 4.19. The number of carbonyl (C=O) groups excluding carboxylic acids is 4. The molecule has 2 aliphatic heterocycles. The lowest BCUT2D eigenvalue weighted by atomic mass is 10.0. The van der Waals surface area contributed by atoms with E-state index in [1.165, 1.54) is 4.90 Å². The molecule has 2 N–H and O–H groups in total. The van der Waals surface area contributed by atoms with Crippen molar-refractivity contribution in [3.63, 3.8) is 0 Å². The molecular weight excluding hydrogens is 590 g/mol. The van der Waals surface area contributed by atoms with E-state index in [-0.39, 0.29) is 37.3 Å². The van der Waals surface area contributed by atoms with Crippen LogP contribution >= 0.6 is 11.6 Å². The third kappa shape index (κ3) is 9.83. The number of rotatable bonds is 18. The number of unbranched alkanes of at least 4 members (excludes halogenated alkanes) is 3. The number of azo groups is 1. The number of hydrogen-bond acceptors (Lipinski definition) is 9. The molecule has 1 saturated heterocycles. The average molecular weight is 628 g/mol. The van der Waals surface area contributed by atoms with E-state index in [0.717, 1.165) is 25.7 Å². The predicted molar refractivity (Wildman–Crippen MR) is 162 cm³/mol. The normalized spacial score (nSPS) is 16.3. The number of halogens is 1. The number of imide groups is 1. The molecule has 1 fully saturated rings. The van der Waals surface area contributed by atoms with Crippen molar-refractivity contribution < 1.29 is 33.4 Å². The molecule has 2 aromatic carbocycles. The van der Waals surface area contributed by atoms with Crippen molar-refractivity contribution in [3.8, 4) is 5.75 Å². The molecule has 0 bridgehead atoms. The molecule has 1 atom stereocenters. The molecule has 236 valence electrons. The van der Waals surface area contributed by atoms with Crippen molar-refractivity contribution in [2.24, 2.45) is 10.2 Å². The number of hydrogen-bond donors (Lipinski definition) is 2. The van der Waals surface area contributed by atoms with Gasteiger partial charge in [-0.3, -0.25) is 24.5 Å². The summed E-state index contributed by atoms with van der Waals surface area (Å²) >= 11 is 5.65. The smallest absolute Gasteiger partial charge is 0.258 e. The van der Waals surface area contributed by atoms with Crippen LogP contribution in [0, 0.1) is 0 Å². The SMILES string of the molecule is O=C(COc1ccc(N=Nc2cccc3c2CN(C2CCC(=O)NC2=O)C3=O)cc1)NCCOCCOCCCCCCCl. The van der Waals surface area contributed by atoms with Gasteiger partial charge in [0.25, 0.3) is 11.8 Å². The van der Waals surface area contributed by atoms with Crippen LogP contribution in [0.3, 0.4) is 0 Å². The van der Waals surface area contributed by atoms with Gasteiger partial charge in [-0.25, -0.2) is 0 Å². The van der Waals surface area contributed by atoms with Crippen molar-refractivity contribution in [2.45, 2.75) is 51.1 Å². The summed E-state index contributed by atoms with van der Waals surface area (Å²) in [6, 6.07) is 11.3. The summed E-state index contributed by atoms with van der Waals surface area (Å²) in [5.41, 5.74) is 2.22. The number of alkyl halides is 1. The summed E-state index contributed by atoms with van der Waals surface area (Å²) in [5, 5.41) is 13.7. The Kier molecular flexibility index (Phi) is 13.1. The maximum absolute atomic E-state index is 13.0. The summed E-state index contributed by atoms with van der Waals surface area (Å²) < 4.78 is 16.5. The van der Waals surface area contributed by atoms with Crippen LogP contribution in [0.1, 0.15) is 54.4 Å². The maximum atomic E-state index is 13.0. The van der Waals surface area contributed by atoms with E-state index < -0.39 is 11.9 Å². The summed E-state index contributed by atoms with van der Waals surface area (Å²) in [5.74, 6) is -0.110. The zero-order valence-corrected chi connectivity index (χ0v) is 25.4. The van der Waals surface area contributed by atoms with Crippen molar-refractivity contribution in [2.75, 3.05) is 45.5 Å². The van der Waals surface area contributed by atoms with E-state index in [1.54, 1.807) is 42.5 Å². The Morgan fingerprint density at radius 2 is 1.73 bits per heavy atom. The Bertz CT molecular complexity index is 1320. The van der Waals surface area contributed by atoms with Gasteiger partial charge in [-0.2, -0.15) is 10.2 Å². The molecule has 0 radical (unpaired) electrons. The van der Waals surface area contributed by atoms with Crippen molar-refractivity contribution in [1.82, 2.24) is 15.5 Å². The fourth-order valence-electron chi connectivity index (χ4n) is 4.82. The van der Waals surface area contributed by atoms with Crippen LogP contribution in [-0.4, -0.2) is 80.0 Å². The number of nitrogens with zero attached hydrogens (tertiary/aromatic N) is 3. The Balaban J connectivity index is 1.14. The van der Waals surface area contributed by atoms with Gasteiger partial charge in [-0.15, -0.1) is 11.6 Å². The zero-order chi connectivity index (χ0) is 31.1. The van der Waals surface area contributed by atoms with Crippen LogP contribution < -0.4 is 15.4 Å². The highest BCUT2D eigenvalue weighted by atomic mass is 35.5. The first-order valence-electron chi connectivity index (χ1n) is 14.9. The highest BCUT2D eigenvalue weighted by molar-refractivity contribution is 6.17. The minimum absolute atomic E-state index is 0.137. The Morgan fingerprint density at radius 1 is 0.955 bits per heavy atom. The van der Waals surface area contributed by atoms with E-state index in [2.05, 4.69) is 20.9 Å². The van der Waals surface area contributed by atoms with Crippen LogP contribution in [0.15, 0.2) is 52.7 Å². The number of ether oxygens (including phenoxy) is 3. The van der Waals surface area contributed by atoms with E-state index in [4.69, 9.17) is 25.8 Å². The van der Waals surface area contributed by atoms with Crippen LogP contribution in [0.5, 0.6) is 5.75 Å². The van der Waals surface area contributed by atoms with Gasteiger partial charge in [-0.05, 0) is 55.7 Å². The third-order valence-corrected chi connectivity index (χ3v) is 7.42. The molecule has 44 heavy (non-hydrogen) atoms. The fraction of sp³-hybridized carbons (Fsp3) is 0.484.